The molecule has 0 bridgehead atoms. The molecule has 0 saturated carbocycles. The van der Waals surface area contributed by atoms with E-state index in [1.165, 1.54) is 17.7 Å². The lowest BCUT2D eigenvalue weighted by molar-refractivity contribution is 0.337. The van der Waals surface area contributed by atoms with Crippen LogP contribution in [0.1, 0.15) is 35.4 Å². The highest BCUT2D eigenvalue weighted by molar-refractivity contribution is 7.86. The second kappa shape index (κ2) is 8.67. The van der Waals surface area contributed by atoms with E-state index in [1.807, 2.05) is 49.4 Å². The van der Waals surface area contributed by atoms with Crippen molar-refractivity contribution in [3.63, 3.8) is 0 Å². The van der Waals surface area contributed by atoms with Crippen molar-refractivity contribution in [1.29, 1.82) is 0 Å². The summed E-state index contributed by atoms with van der Waals surface area (Å²) in [5.41, 5.74) is 5.05. The van der Waals surface area contributed by atoms with Gasteiger partial charge in [0, 0.05) is 5.92 Å². The average molecular weight is 418 g/mol. The van der Waals surface area contributed by atoms with Gasteiger partial charge in [-0.25, -0.2) is 0 Å². The van der Waals surface area contributed by atoms with Crippen LogP contribution >= 0.6 is 0 Å². The quantitative estimate of drug-likeness (QED) is 0.499. The average Bonchev–Trinajstić information content (AvgIpc) is 2.79. The molecule has 0 radical (unpaired) electrons. The molecule has 0 amide bonds. The Labute approximate surface area is 177 Å². The summed E-state index contributed by atoms with van der Waals surface area (Å²) in [5, 5.41) is 4.01. The van der Waals surface area contributed by atoms with Gasteiger partial charge in [0.05, 0.1) is 5.71 Å². The molecule has 0 saturated heterocycles. The molecule has 1 unspecified atom stereocenters. The first-order valence-electron chi connectivity index (χ1n) is 9.92. The van der Waals surface area contributed by atoms with Gasteiger partial charge in [-0.1, -0.05) is 83.5 Å². The van der Waals surface area contributed by atoms with Gasteiger partial charge in [-0.15, -0.1) is 0 Å². The molecule has 1 aliphatic carbocycles. The maximum Gasteiger partial charge on any atom is 0.358 e. The zero-order valence-electron chi connectivity index (χ0n) is 16.7. The van der Waals surface area contributed by atoms with Gasteiger partial charge >= 0.3 is 10.1 Å². The summed E-state index contributed by atoms with van der Waals surface area (Å²) < 4.78 is 30.0. The van der Waals surface area contributed by atoms with Crippen molar-refractivity contribution in [3.05, 3.63) is 108 Å². The highest BCUT2D eigenvalue weighted by Crippen LogP contribution is 2.39. The number of allylic oxidation sites excluding steroid dienone is 2. The molecule has 152 valence electrons. The molecule has 5 heteroatoms. The predicted molar refractivity (Wildman–Crippen MR) is 120 cm³/mol. The van der Waals surface area contributed by atoms with Crippen molar-refractivity contribution in [1.82, 2.24) is 0 Å². The number of rotatable bonds is 5. The van der Waals surface area contributed by atoms with Crippen LogP contribution in [0.15, 0.2) is 101 Å². The smallest absolute Gasteiger partial charge is 0.265 e. The molecule has 4 nitrogen and oxygen atoms in total. The van der Waals surface area contributed by atoms with Crippen molar-refractivity contribution in [2.45, 2.75) is 30.6 Å². The van der Waals surface area contributed by atoms with Gasteiger partial charge in [-0.05, 0) is 54.7 Å². The van der Waals surface area contributed by atoms with Crippen LogP contribution in [-0.4, -0.2) is 14.1 Å². The van der Waals surface area contributed by atoms with Crippen LogP contribution < -0.4 is 0 Å². The topological polar surface area (TPSA) is 55.7 Å². The maximum absolute atomic E-state index is 12.5. The summed E-state index contributed by atoms with van der Waals surface area (Å²) in [6, 6.07) is 27.0. The third-order valence-electron chi connectivity index (χ3n) is 5.26. The summed E-state index contributed by atoms with van der Waals surface area (Å²) in [5.74, 6) is 0.223. The van der Waals surface area contributed by atoms with E-state index < -0.39 is 10.1 Å². The number of oxime groups is 1. The van der Waals surface area contributed by atoms with Crippen LogP contribution in [0.2, 0.25) is 0 Å². The zero-order valence-corrected chi connectivity index (χ0v) is 17.5. The molecule has 0 heterocycles. The predicted octanol–water partition coefficient (Wildman–Crippen LogP) is 5.72. The van der Waals surface area contributed by atoms with Crippen LogP contribution in [-0.2, 0) is 14.4 Å². The molecule has 3 aromatic rings. The van der Waals surface area contributed by atoms with Gasteiger partial charge in [0.15, 0.2) is 0 Å². The first kappa shape index (κ1) is 20.1. The Morgan fingerprint density at radius 2 is 1.50 bits per heavy atom. The summed E-state index contributed by atoms with van der Waals surface area (Å²) >= 11 is 0. The minimum absolute atomic E-state index is 0.0997. The molecule has 0 N–H and O–H groups in total. The van der Waals surface area contributed by atoms with Crippen LogP contribution in [0.3, 0.4) is 0 Å². The molecule has 1 atom stereocenters. The number of nitrogens with zero attached hydrogens (tertiary/aromatic N) is 1. The van der Waals surface area contributed by atoms with Crippen LogP contribution in [0, 0.1) is 6.92 Å². The summed E-state index contributed by atoms with van der Waals surface area (Å²) in [6.45, 7) is 1.90. The highest BCUT2D eigenvalue weighted by atomic mass is 32.2. The highest BCUT2D eigenvalue weighted by Gasteiger charge is 2.24. The van der Waals surface area contributed by atoms with E-state index in [-0.39, 0.29) is 10.8 Å². The first-order chi connectivity index (χ1) is 14.5. The van der Waals surface area contributed by atoms with Crippen LogP contribution in [0.25, 0.3) is 5.57 Å². The maximum atomic E-state index is 12.5. The van der Waals surface area contributed by atoms with Crippen molar-refractivity contribution in [2.24, 2.45) is 5.16 Å². The van der Waals surface area contributed by atoms with Crippen molar-refractivity contribution >= 4 is 21.4 Å². The second-order valence-electron chi connectivity index (χ2n) is 7.39. The Kier molecular flexibility index (Phi) is 5.81. The van der Waals surface area contributed by atoms with Crippen LogP contribution in [0.4, 0.5) is 0 Å². The number of aryl methyl sites for hydroxylation is 1. The van der Waals surface area contributed by atoms with Crippen molar-refractivity contribution < 1.29 is 12.7 Å². The third kappa shape index (κ3) is 4.52. The lowest BCUT2D eigenvalue weighted by atomic mass is 9.79. The van der Waals surface area contributed by atoms with Gasteiger partial charge in [-0.3, -0.25) is 4.28 Å². The van der Waals surface area contributed by atoms with E-state index in [9.17, 15) is 8.42 Å². The molecule has 0 aliphatic heterocycles. The number of hydrogen-bond acceptors (Lipinski definition) is 4. The minimum atomic E-state index is -3.94. The standard InChI is InChI=1S/C25H23NO3S/c1-19-12-15-23(16-13-19)30(27,28)29-26-22-14-17-24(20-8-4-2-5-9-20)25(18-22)21-10-6-3-7-11-21/h2-13,15-16,18,24H,14,17H2,1H3/b26-22+. The lowest BCUT2D eigenvalue weighted by Gasteiger charge is -2.25. The fourth-order valence-corrected chi connectivity index (χ4v) is 4.41. The lowest BCUT2D eigenvalue weighted by Crippen LogP contribution is -2.13. The van der Waals surface area contributed by atoms with E-state index >= 15 is 0 Å². The number of benzene rings is 3. The monoisotopic (exact) mass is 417 g/mol. The third-order valence-corrected chi connectivity index (χ3v) is 6.38. The Balaban J connectivity index is 1.65. The summed E-state index contributed by atoms with van der Waals surface area (Å²) in [4.78, 5) is 0.0997. The van der Waals surface area contributed by atoms with Gasteiger partial charge in [-0.2, -0.15) is 8.42 Å². The Bertz CT molecular complexity index is 1170. The molecule has 4 rings (SSSR count). The second-order valence-corrected chi connectivity index (χ2v) is 8.92. The van der Waals surface area contributed by atoms with Gasteiger partial charge in [0.1, 0.15) is 4.90 Å². The van der Waals surface area contributed by atoms with Gasteiger partial charge < -0.3 is 0 Å². The van der Waals surface area contributed by atoms with Crippen LogP contribution in [0.5, 0.6) is 0 Å². The molecular weight excluding hydrogens is 394 g/mol. The molecule has 3 aromatic carbocycles. The largest absolute Gasteiger partial charge is 0.358 e. The molecule has 1 aliphatic rings. The van der Waals surface area contributed by atoms with Gasteiger partial charge in [0.2, 0.25) is 0 Å². The van der Waals surface area contributed by atoms with Gasteiger partial charge in [0.25, 0.3) is 0 Å². The SMILES string of the molecule is Cc1ccc(S(=O)(=O)O/N=C2/C=C(c3ccccc3)C(c3ccccc3)CC2)cc1. The fourth-order valence-electron chi connectivity index (χ4n) is 3.66. The Hall–Kier alpha value is -3.18. The van der Waals surface area contributed by atoms with E-state index in [1.54, 1.807) is 12.1 Å². The van der Waals surface area contributed by atoms with E-state index in [2.05, 4.69) is 29.4 Å². The summed E-state index contributed by atoms with van der Waals surface area (Å²) in [6.07, 6.45) is 3.43. The minimum Gasteiger partial charge on any atom is -0.265 e. The first-order valence-corrected chi connectivity index (χ1v) is 11.3. The van der Waals surface area contributed by atoms with Crippen molar-refractivity contribution in [2.75, 3.05) is 0 Å². The normalized spacial score (nSPS) is 18.1. The fraction of sp³-hybridized carbons (Fsp3) is 0.160. The van der Waals surface area contributed by atoms with E-state index in [4.69, 9.17) is 4.28 Å². The van der Waals surface area contributed by atoms with Crippen molar-refractivity contribution in [3.8, 4) is 0 Å². The molecule has 0 spiro atoms. The molecule has 30 heavy (non-hydrogen) atoms. The summed E-state index contributed by atoms with van der Waals surface area (Å²) in [7, 11) is -3.94. The Morgan fingerprint density at radius 3 is 2.17 bits per heavy atom. The zero-order chi connectivity index (χ0) is 21.0. The molecule has 0 fully saturated rings. The molecular formula is C25H23NO3S. The van der Waals surface area contributed by atoms with E-state index in [0.717, 1.165) is 23.1 Å². The Morgan fingerprint density at radius 1 is 0.867 bits per heavy atom. The molecule has 0 aromatic heterocycles. The van der Waals surface area contributed by atoms with E-state index in [0.29, 0.717) is 12.1 Å². The number of hydrogen-bond donors (Lipinski definition) is 0.